The molecule has 1 saturated heterocycles. The monoisotopic (exact) mass is 475 g/mol. The van der Waals surface area contributed by atoms with Crippen molar-refractivity contribution in [2.45, 2.75) is 38.8 Å². The van der Waals surface area contributed by atoms with Crippen LogP contribution in [-0.2, 0) is 0 Å². The first-order valence-electron chi connectivity index (χ1n) is 12.4. The van der Waals surface area contributed by atoms with Crippen LogP contribution in [0.25, 0.3) is 5.57 Å². The van der Waals surface area contributed by atoms with Gasteiger partial charge in [-0.2, -0.15) is 0 Å². The standard InChI is InChI=1S/C28H37N5O2/c1-19-5-6-25(33-11-9-32(10-12-33)24-7-8-24)16-27(19)28(34)31-20(2)21-13-22(15-26(14-21)35-4)23(17-29)18-30-3/h5-6,13-18,20,24H,7-12,29H2,1-4H3,(H,31,34)/t20-/m1/s1. The predicted molar refractivity (Wildman–Crippen MR) is 143 cm³/mol. The minimum absolute atomic E-state index is 0.0810. The molecule has 1 aliphatic heterocycles. The van der Waals surface area contributed by atoms with Crippen molar-refractivity contribution in [1.29, 1.82) is 0 Å². The summed E-state index contributed by atoms with van der Waals surface area (Å²) in [6.07, 6.45) is 5.92. The summed E-state index contributed by atoms with van der Waals surface area (Å²) in [7, 11) is 3.34. The Morgan fingerprint density at radius 2 is 1.91 bits per heavy atom. The van der Waals surface area contributed by atoms with E-state index in [1.54, 1.807) is 20.4 Å². The molecular weight excluding hydrogens is 438 g/mol. The van der Waals surface area contributed by atoms with Crippen molar-refractivity contribution in [3.05, 3.63) is 64.9 Å². The van der Waals surface area contributed by atoms with E-state index in [1.165, 1.54) is 19.0 Å². The van der Waals surface area contributed by atoms with Gasteiger partial charge in [-0.05, 0) is 73.7 Å². The molecule has 2 aromatic rings. The highest BCUT2D eigenvalue weighted by Gasteiger charge is 2.31. The normalized spacial score (nSPS) is 18.1. The zero-order chi connectivity index (χ0) is 24.9. The number of allylic oxidation sites excluding steroid dienone is 1. The second-order valence-corrected chi connectivity index (χ2v) is 9.45. The number of nitrogens with two attached hydrogens (primary N) is 1. The van der Waals surface area contributed by atoms with Crippen LogP contribution in [0.4, 0.5) is 5.69 Å². The molecule has 1 heterocycles. The Hall–Kier alpha value is -3.32. The van der Waals surface area contributed by atoms with E-state index in [0.717, 1.165) is 60.2 Å². The van der Waals surface area contributed by atoms with E-state index in [-0.39, 0.29) is 11.9 Å². The Morgan fingerprint density at radius 3 is 2.54 bits per heavy atom. The molecule has 1 saturated carbocycles. The van der Waals surface area contributed by atoms with E-state index in [0.29, 0.717) is 11.3 Å². The summed E-state index contributed by atoms with van der Waals surface area (Å²) in [5, 5.41) is 3.18. The molecule has 7 nitrogen and oxygen atoms in total. The second kappa shape index (κ2) is 11.0. The van der Waals surface area contributed by atoms with E-state index in [2.05, 4.69) is 26.2 Å². The van der Waals surface area contributed by atoms with Gasteiger partial charge in [0.05, 0.1) is 13.2 Å². The molecule has 186 valence electrons. The first-order valence-corrected chi connectivity index (χ1v) is 12.4. The first-order chi connectivity index (χ1) is 16.9. The number of aliphatic imine (C=N–C) groups is 1. The van der Waals surface area contributed by atoms with Crippen LogP contribution in [0, 0.1) is 6.92 Å². The van der Waals surface area contributed by atoms with Gasteiger partial charge in [0.25, 0.3) is 5.91 Å². The lowest BCUT2D eigenvalue weighted by molar-refractivity contribution is 0.0939. The fourth-order valence-corrected chi connectivity index (χ4v) is 4.70. The number of amides is 1. The lowest BCUT2D eigenvalue weighted by atomic mass is 9.99. The van der Waals surface area contributed by atoms with Crippen LogP contribution in [0.15, 0.2) is 47.6 Å². The molecule has 0 aromatic heterocycles. The SMILES string of the molecule is CN=CC(=CN)c1cc(OC)cc([C@@H](C)NC(=O)c2cc(N3CCN(C4CC4)CC3)ccc2C)c1. The number of piperazine rings is 1. The molecule has 4 rings (SSSR count). The number of rotatable bonds is 8. The second-order valence-electron chi connectivity index (χ2n) is 9.45. The highest BCUT2D eigenvalue weighted by Crippen LogP contribution is 2.29. The third-order valence-electron chi connectivity index (χ3n) is 7.00. The highest BCUT2D eigenvalue weighted by atomic mass is 16.5. The van der Waals surface area contributed by atoms with Crippen molar-refractivity contribution >= 4 is 23.4 Å². The van der Waals surface area contributed by atoms with Crippen molar-refractivity contribution in [2.75, 3.05) is 45.2 Å². The number of carbonyl (C=O) groups excluding carboxylic acids is 1. The molecule has 7 heteroatoms. The van der Waals surface area contributed by atoms with Gasteiger partial charge in [-0.1, -0.05) is 6.07 Å². The molecule has 3 N–H and O–H groups in total. The van der Waals surface area contributed by atoms with Gasteiger partial charge in [-0.15, -0.1) is 0 Å². The average Bonchev–Trinajstić information content (AvgIpc) is 3.73. The Morgan fingerprint density at radius 1 is 1.17 bits per heavy atom. The van der Waals surface area contributed by atoms with Crippen LogP contribution in [0.3, 0.4) is 0 Å². The smallest absolute Gasteiger partial charge is 0.252 e. The topological polar surface area (TPSA) is 83.2 Å². The summed E-state index contributed by atoms with van der Waals surface area (Å²) < 4.78 is 5.50. The molecule has 2 aromatic carbocycles. The molecule has 1 aliphatic carbocycles. The van der Waals surface area contributed by atoms with Crippen LogP contribution < -0.4 is 20.7 Å². The summed E-state index contributed by atoms with van der Waals surface area (Å²) in [5.74, 6) is 0.619. The van der Waals surface area contributed by atoms with Crippen molar-refractivity contribution in [2.24, 2.45) is 10.7 Å². The van der Waals surface area contributed by atoms with Gasteiger partial charge < -0.3 is 20.7 Å². The van der Waals surface area contributed by atoms with Crippen LogP contribution >= 0.6 is 0 Å². The van der Waals surface area contributed by atoms with E-state index in [4.69, 9.17) is 10.5 Å². The quantitative estimate of drug-likeness (QED) is 0.568. The van der Waals surface area contributed by atoms with E-state index in [9.17, 15) is 4.79 Å². The van der Waals surface area contributed by atoms with E-state index < -0.39 is 0 Å². The maximum atomic E-state index is 13.3. The van der Waals surface area contributed by atoms with Gasteiger partial charge in [-0.3, -0.25) is 14.7 Å². The number of benzene rings is 2. The molecule has 0 spiro atoms. The molecule has 1 amide bonds. The molecule has 2 fully saturated rings. The van der Waals surface area contributed by atoms with E-state index >= 15 is 0 Å². The number of aryl methyl sites for hydroxylation is 1. The zero-order valence-corrected chi connectivity index (χ0v) is 21.3. The predicted octanol–water partition coefficient (Wildman–Crippen LogP) is 3.78. The van der Waals surface area contributed by atoms with Crippen LogP contribution in [0.5, 0.6) is 5.75 Å². The fraction of sp³-hybridized carbons (Fsp3) is 0.429. The molecule has 0 radical (unpaired) electrons. The third kappa shape index (κ3) is 5.85. The van der Waals surface area contributed by atoms with Gasteiger partial charge in [0, 0.05) is 68.5 Å². The third-order valence-corrected chi connectivity index (χ3v) is 7.00. The Balaban J connectivity index is 1.50. The van der Waals surface area contributed by atoms with Gasteiger partial charge in [0.2, 0.25) is 0 Å². The number of nitrogens with one attached hydrogen (secondary N) is 1. The first kappa shape index (κ1) is 24.8. The van der Waals surface area contributed by atoms with Gasteiger partial charge >= 0.3 is 0 Å². The number of hydrogen-bond acceptors (Lipinski definition) is 6. The summed E-state index contributed by atoms with van der Waals surface area (Å²) in [6, 6.07) is 12.7. The fourth-order valence-electron chi connectivity index (χ4n) is 4.70. The van der Waals surface area contributed by atoms with Crippen LogP contribution in [0.2, 0.25) is 0 Å². The van der Waals surface area contributed by atoms with Gasteiger partial charge in [-0.25, -0.2) is 0 Å². The maximum absolute atomic E-state index is 13.3. The minimum atomic E-state index is -0.223. The summed E-state index contributed by atoms with van der Waals surface area (Å²) in [4.78, 5) is 22.4. The molecular formula is C28H37N5O2. The summed E-state index contributed by atoms with van der Waals surface area (Å²) in [6.45, 7) is 8.16. The van der Waals surface area contributed by atoms with Crippen molar-refractivity contribution < 1.29 is 9.53 Å². The molecule has 0 bridgehead atoms. The van der Waals surface area contributed by atoms with Crippen LogP contribution in [0.1, 0.15) is 52.9 Å². The largest absolute Gasteiger partial charge is 0.497 e. The van der Waals surface area contributed by atoms with Crippen LogP contribution in [-0.4, -0.2) is 63.4 Å². The molecule has 1 atom stereocenters. The van der Waals surface area contributed by atoms with Gasteiger partial charge in [0.1, 0.15) is 5.75 Å². The lowest BCUT2D eigenvalue weighted by Crippen LogP contribution is -2.47. The highest BCUT2D eigenvalue weighted by molar-refractivity contribution is 6.09. The van der Waals surface area contributed by atoms with E-state index in [1.807, 2.05) is 44.2 Å². The molecule has 2 aliphatic rings. The number of anilines is 1. The summed E-state index contributed by atoms with van der Waals surface area (Å²) in [5.41, 5.74) is 11.2. The average molecular weight is 476 g/mol. The molecule has 0 unspecified atom stereocenters. The number of methoxy groups -OCH3 is 1. The maximum Gasteiger partial charge on any atom is 0.252 e. The lowest BCUT2D eigenvalue weighted by Gasteiger charge is -2.36. The number of hydrogen-bond donors (Lipinski definition) is 2. The van der Waals surface area contributed by atoms with Crippen molar-refractivity contribution in [3.8, 4) is 5.75 Å². The number of nitrogens with zero attached hydrogens (tertiary/aromatic N) is 3. The Labute approximate surface area is 208 Å². The summed E-state index contributed by atoms with van der Waals surface area (Å²) >= 11 is 0. The van der Waals surface area contributed by atoms with Gasteiger partial charge in [0.15, 0.2) is 0 Å². The number of ether oxygens (including phenoxy) is 1. The Bertz CT molecular complexity index is 1110. The zero-order valence-electron chi connectivity index (χ0n) is 21.3. The minimum Gasteiger partial charge on any atom is -0.497 e. The van der Waals surface area contributed by atoms with Crippen molar-refractivity contribution in [1.82, 2.24) is 10.2 Å². The molecule has 35 heavy (non-hydrogen) atoms. The Kier molecular flexibility index (Phi) is 7.76. The number of carbonyl (C=O) groups is 1. The van der Waals surface area contributed by atoms with Crippen molar-refractivity contribution in [3.63, 3.8) is 0 Å².